The second kappa shape index (κ2) is 6.80. The summed E-state index contributed by atoms with van der Waals surface area (Å²) in [4.78, 5) is 25.7. The molecule has 0 aromatic heterocycles. The number of likely N-dealkylation sites (tertiary alicyclic amines) is 1. The van der Waals surface area contributed by atoms with Gasteiger partial charge in [-0.3, -0.25) is 9.59 Å². The van der Waals surface area contributed by atoms with Crippen molar-refractivity contribution in [2.45, 2.75) is 52.9 Å². The number of hydrogen-bond donors (Lipinski definition) is 1. The first-order valence-electron chi connectivity index (χ1n) is 8.41. The molecule has 1 N–H and O–H groups in total. The number of carbonyl (C=O) groups is 2. The molecule has 1 saturated heterocycles. The number of aliphatic carboxylic acids is 1. The van der Waals surface area contributed by atoms with Crippen LogP contribution in [0.3, 0.4) is 0 Å². The van der Waals surface area contributed by atoms with Gasteiger partial charge in [0.15, 0.2) is 0 Å². The average Bonchev–Trinajstić information content (AvgIpc) is 2.46. The van der Waals surface area contributed by atoms with Crippen LogP contribution >= 0.6 is 0 Å². The Morgan fingerprint density at radius 3 is 2.19 bits per heavy atom. The van der Waals surface area contributed by atoms with Gasteiger partial charge in [-0.25, -0.2) is 0 Å². The molecule has 1 aliphatic carbocycles. The second-order valence-electron chi connectivity index (χ2n) is 7.35. The van der Waals surface area contributed by atoms with Crippen LogP contribution in [0.4, 0.5) is 0 Å². The lowest BCUT2D eigenvalue weighted by atomic mass is 9.76. The van der Waals surface area contributed by atoms with Crippen molar-refractivity contribution in [2.75, 3.05) is 13.1 Å². The number of piperidine rings is 1. The lowest BCUT2D eigenvalue weighted by Gasteiger charge is -2.38. The average molecular weight is 295 g/mol. The van der Waals surface area contributed by atoms with Gasteiger partial charge in [0.25, 0.3) is 0 Å². The summed E-state index contributed by atoms with van der Waals surface area (Å²) in [5, 5.41) is 9.16. The number of carboxylic acid groups (broad SMARTS) is 1. The molecule has 0 bridgehead atoms. The van der Waals surface area contributed by atoms with Crippen LogP contribution in [-0.2, 0) is 9.59 Å². The van der Waals surface area contributed by atoms with E-state index in [4.69, 9.17) is 5.11 Å². The quantitative estimate of drug-likeness (QED) is 0.870. The van der Waals surface area contributed by atoms with Crippen LogP contribution in [0.2, 0.25) is 0 Å². The molecule has 1 amide bonds. The van der Waals surface area contributed by atoms with Gasteiger partial charge in [-0.05, 0) is 49.9 Å². The molecular weight excluding hydrogens is 266 g/mol. The molecular formula is C17H29NO3. The summed E-state index contributed by atoms with van der Waals surface area (Å²) in [6.45, 7) is 7.72. The van der Waals surface area contributed by atoms with E-state index in [0.29, 0.717) is 25.4 Å². The van der Waals surface area contributed by atoms with Gasteiger partial charge in [-0.1, -0.05) is 20.8 Å². The first kappa shape index (κ1) is 16.3. The molecule has 2 atom stereocenters. The fourth-order valence-corrected chi connectivity index (χ4v) is 4.00. The highest BCUT2D eigenvalue weighted by molar-refractivity contribution is 5.79. The van der Waals surface area contributed by atoms with Gasteiger partial charge in [0, 0.05) is 19.0 Å². The maximum absolute atomic E-state index is 12.6. The third-order valence-corrected chi connectivity index (χ3v) is 5.60. The molecule has 120 valence electrons. The molecule has 2 unspecified atom stereocenters. The maximum Gasteiger partial charge on any atom is 0.306 e. The summed E-state index contributed by atoms with van der Waals surface area (Å²) in [6.07, 6.45) is 4.94. The zero-order chi connectivity index (χ0) is 15.6. The third kappa shape index (κ3) is 3.78. The van der Waals surface area contributed by atoms with Crippen molar-refractivity contribution in [1.29, 1.82) is 0 Å². The van der Waals surface area contributed by atoms with Crippen LogP contribution in [0.15, 0.2) is 0 Å². The third-order valence-electron chi connectivity index (χ3n) is 5.60. The number of nitrogens with zero attached hydrogens (tertiary/aromatic N) is 1. The lowest BCUT2D eigenvalue weighted by Crippen LogP contribution is -2.47. The Hall–Kier alpha value is -1.06. The van der Waals surface area contributed by atoms with Gasteiger partial charge in [0.1, 0.15) is 0 Å². The van der Waals surface area contributed by atoms with E-state index in [1.165, 1.54) is 0 Å². The minimum absolute atomic E-state index is 0.0622. The summed E-state index contributed by atoms with van der Waals surface area (Å²) in [7, 11) is 0. The van der Waals surface area contributed by atoms with E-state index in [1.54, 1.807) is 0 Å². The highest BCUT2D eigenvalue weighted by atomic mass is 16.4. The predicted molar refractivity (Wildman–Crippen MR) is 81.8 cm³/mol. The number of hydrogen-bond acceptors (Lipinski definition) is 2. The molecule has 4 nitrogen and oxygen atoms in total. The number of amides is 1. The van der Waals surface area contributed by atoms with Crippen LogP contribution < -0.4 is 0 Å². The van der Waals surface area contributed by atoms with E-state index >= 15 is 0 Å². The van der Waals surface area contributed by atoms with Gasteiger partial charge in [0.2, 0.25) is 5.91 Å². The predicted octanol–water partition coefficient (Wildman–Crippen LogP) is 3.02. The summed E-state index contributed by atoms with van der Waals surface area (Å²) in [5.74, 6) is 0.990. The first-order valence-corrected chi connectivity index (χ1v) is 8.41. The molecule has 1 saturated carbocycles. The molecule has 0 aromatic rings. The summed E-state index contributed by atoms with van der Waals surface area (Å²) in [6, 6.07) is 0. The number of carbonyl (C=O) groups excluding carboxylic acids is 1. The van der Waals surface area contributed by atoms with Gasteiger partial charge < -0.3 is 10.0 Å². The Bertz CT molecular complexity index is 385. The Morgan fingerprint density at radius 2 is 1.71 bits per heavy atom. The summed E-state index contributed by atoms with van der Waals surface area (Å²) < 4.78 is 0. The molecule has 1 aliphatic heterocycles. The monoisotopic (exact) mass is 295 g/mol. The maximum atomic E-state index is 12.6. The van der Waals surface area contributed by atoms with Gasteiger partial charge >= 0.3 is 5.97 Å². The smallest absolute Gasteiger partial charge is 0.306 e. The van der Waals surface area contributed by atoms with E-state index in [0.717, 1.165) is 31.6 Å². The molecule has 0 aromatic carbocycles. The van der Waals surface area contributed by atoms with Crippen LogP contribution in [0.5, 0.6) is 0 Å². The van der Waals surface area contributed by atoms with E-state index in [-0.39, 0.29) is 23.7 Å². The van der Waals surface area contributed by atoms with Crippen molar-refractivity contribution in [1.82, 2.24) is 4.90 Å². The van der Waals surface area contributed by atoms with Crippen molar-refractivity contribution in [2.24, 2.45) is 29.6 Å². The van der Waals surface area contributed by atoms with E-state index < -0.39 is 5.97 Å². The molecule has 21 heavy (non-hydrogen) atoms. The molecule has 2 aliphatic rings. The van der Waals surface area contributed by atoms with Crippen molar-refractivity contribution >= 4 is 11.9 Å². The lowest BCUT2D eigenvalue weighted by molar-refractivity contribution is -0.150. The second-order valence-corrected chi connectivity index (χ2v) is 7.35. The topological polar surface area (TPSA) is 57.6 Å². The van der Waals surface area contributed by atoms with Crippen LogP contribution in [0, 0.1) is 29.6 Å². The Morgan fingerprint density at radius 1 is 1.10 bits per heavy atom. The normalized spacial score (nSPS) is 34.0. The number of carboxylic acids is 1. The largest absolute Gasteiger partial charge is 0.481 e. The molecule has 2 rings (SSSR count). The Labute approximate surface area is 127 Å². The van der Waals surface area contributed by atoms with Gasteiger partial charge in [0.05, 0.1) is 5.92 Å². The number of rotatable bonds is 3. The van der Waals surface area contributed by atoms with Crippen molar-refractivity contribution in [3.63, 3.8) is 0 Å². The summed E-state index contributed by atoms with van der Waals surface area (Å²) in [5.41, 5.74) is 0. The first-order chi connectivity index (χ1) is 9.90. The standard InChI is InChI=1S/C17H29NO3/c1-11(2)13-4-6-14(7-5-13)16(19)18-9-8-15(17(20)21)12(3)10-18/h11-15H,4-10H2,1-3H3,(H,20,21). The van der Waals surface area contributed by atoms with Crippen LogP contribution in [-0.4, -0.2) is 35.0 Å². The molecule has 0 spiro atoms. The Kier molecular flexibility index (Phi) is 5.28. The van der Waals surface area contributed by atoms with Gasteiger partial charge in [-0.15, -0.1) is 0 Å². The van der Waals surface area contributed by atoms with Crippen LogP contribution in [0.1, 0.15) is 52.9 Å². The minimum Gasteiger partial charge on any atom is -0.481 e. The van der Waals surface area contributed by atoms with E-state index in [2.05, 4.69) is 13.8 Å². The minimum atomic E-state index is -0.716. The molecule has 0 radical (unpaired) electrons. The SMILES string of the molecule is CC(C)C1CCC(C(=O)N2CCC(C(=O)O)C(C)C2)CC1. The van der Waals surface area contributed by atoms with Crippen molar-refractivity contribution in [3.05, 3.63) is 0 Å². The van der Waals surface area contributed by atoms with Crippen molar-refractivity contribution in [3.8, 4) is 0 Å². The van der Waals surface area contributed by atoms with Gasteiger partial charge in [-0.2, -0.15) is 0 Å². The summed E-state index contributed by atoms with van der Waals surface area (Å²) >= 11 is 0. The highest BCUT2D eigenvalue weighted by Crippen LogP contribution is 2.35. The fraction of sp³-hybridized carbons (Fsp3) is 0.882. The van der Waals surface area contributed by atoms with E-state index in [9.17, 15) is 9.59 Å². The van der Waals surface area contributed by atoms with Crippen LogP contribution in [0.25, 0.3) is 0 Å². The molecule has 4 heteroatoms. The zero-order valence-corrected chi connectivity index (χ0v) is 13.5. The van der Waals surface area contributed by atoms with Crippen molar-refractivity contribution < 1.29 is 14.7 Å². The molecule has 1 heterocycles. The highest BCUT2D eigenvalue weighted by Gasteiger charge is 2.36. The zero-order valence-electron chi connectivity index (χ0n) is 13.5. The molecule has 2 fully saturated rings. The fourth-order valence-electron chi connectivity index (χ4n) is 4.00. The van der Waals surface area contributed by atoms with E-state index in [1.807, 2.05) is 11.8 Å². The Balaban J connectivity index is 1.86.